The van der Waals surface area contributed by atoms with Gasteiger partial charge in [-0.2, -0.15) is 0 Å². The average Bonchev–Trinajstić information content (AvgIpc) is 3.08. The minimum absolute atomic E-state index is 0.158. The van der Waals surface area contributed by atoms with Crippen molar-refractivity contribution in [2.24, 2.45) is 5.73 Å². The minimum Gasteiger partial charge on any atom is -0.467 e. The van der Waals surface area contributed by atoms with Crippen molar-refractivity contribution in [3.05, 3.63) is 27.7 Å². The van der Waals surface area contributed by atoms with Gasteiger partial charge in [0.25, 0.3) is 0 Å². The number of halogens is 1. The van der Waals surface area contributed by atoms with Gasteiger partial charge in [0.1, 0.15) is 5.75 Å². The lowest BCUT2D eigenvalue weighted by atomic mass is 9.93. The Morgan fingerprint density at radius 2 is 2.19 bits per heavy atom. The van der Waals surface area contributed by atoms with Crippen LogP contribution < -0.4 is 10.5 Å². The molecule has 3 rings (SSSR count). The standard InChI is InChI=1S/C12H14BrNO2/c13-9-3-8-5-15-7-16-11(8)10(4-9)12(6-14)1-2-12/h3-4H,1-2,5-7,14H2. The van der Waals surface area contributed by atoms with Gasteiger partial charge in [0.15, 0.2) is 6.79 Å². The molecule has 86 valence electrons. The van der Waals surface area contributed by atoms with Gasteiger partial charge in [-0.3, -0.25) is 0 Å². The predicted molar refractivity (Wildman–Crippen MR) is 64.4 cm³/mol. The van der Waals surface area contributed by atoms with E-state index in [1.54, 1.807) is 0 Å². The van der Waals surface area contributed by atoms with Gasteiger partial charge in [-0.15, -0.1) is 0 Å². The molecular weight excluding hydrogens is 270 g/mol. The zero-order valence-electron chi connectivity index (χ0n) is 8.96. The van der Waals surface area contributed by atoms with Crippen LogP contribution in [0.3, 0.4) is 0 Å². The third-order valence-corrected chi connectivity index (χ3v) is 3.95. The Hall–Kier alpha value is -0.580. The summed E-state index contributed by atoms with van der Waals surface area (Å²) in [5.74, 6) is 0.998. The highest BCUT2D eigenvalue weighted by molar-refractivity contribution is 9.10. The van der Waals surface area contributed by atoms with E-state index in [9.17, 15) is 0 Å². The van der Waals surface area contributed by atoms with Crippen molar-refractivity contribution in [2.75, 3.05) is 13.3 Å². The normalized spacial score (nSPS) is 21.1. The van der Waals surface area contributed by atoms with Crippen molar-refractivity contribution < 1.29 is 9.47 Å². The van der Waals surface area contributed by atoms with Crippen LogP contribution in [0.2, 0.25) is 0 Å². The van der Waals surface area contributed by atoms with E-state index in [-0.39, 0.29) is 5.41 Å². The molecule has 0 unspecified atom stereocenters. The molecule has 2 aliphatic rings. The number of hydrogen-bond acceptors (Lipinski definition) is 3. The first-order valence-corrected chi connectivity index (χ1v) is 6.28. The molecule has 16 heavy (non-hydrogen) atoms. The highest BCUT2D eigenvalue weighted by atomic mass is 79.9. The fourth-order valence-corrected chi connectivity index (χ4v) is 2.81. The molecule has 0 atom stereocenters. The Morgan fingerprint density at radius 1 is 1.38 bits per heavy atom. The van der Waals surface area contributed by atoms with Crippen LogP contribution in [0.25, 0.3) is 0 Å². The van der Waals surface area contributed by atoms with Gasteiger partial charge >= 0.3 is 0 Å². The number of rotatable bonds is 2. The summed E-state index contributed by atoms with van der Waals surface area (Å²) in [6.45, 7) is 1.67. The minimum atomic E-state index is 0.158. The summed E-state index contributed by atoms with van der Waals surface area (Å²) in [4.78, 5) is 0. The van der Waals surface area contributed by atoms with Crippen LogP contribution in [0, 0.1) is 0 Å². The van der Waals surface area contributed by atoms with E-state index in [0.717, 1.165) is 28.6 Å². The zero-order chi connectivity index (χ0) is 11.2. The molecule has 1 aliphatic carbocycles. The Morgan fingerprint density at radius 3 is 2.88 bits per heavy atom. The SMILES string of the molecule is NCC1(c2cc(Br)cc3c2OCOC3)CC1. The average molecular weight is 284 g/mol. The van der Waals surface area contributed by atoms with E-state index < -0.39 is 0 Å². The summed E-state index contributed by atoms with van der Waals surface area (Å²) < 4.78 is 12.0. The second-order valence-electron chi connectivity index (χ2n) is 4.54. The van der Waals surface area contributed by atoms with Crippen molar-refractivity contribution in [2.45, 2.75) is 24.9 Å². The molecule has 2 N–H and O–H groups in total. The van der Waals surface area contributed by atoms with Crippen molar-refractivity contribution >= 4 is 15.9 Å². The Kier molecular flexibility index (Phi) is 2.46. The fourth-order valence-electron chi connectivity index (χ4n) is 2.31. The van der Waals surface area contributed by atoms with Crippen molar-refractivity contribution in [1.82, 2.24) is 0 Å². The number of nitrogens with two attached hydrogens (primary N) is 1. The van der Waals surface area contributed by atoms with E-state index >= 15 is 0 Å². The quantitative estimate of drug-likeness (QED) is 0.906. The van der Waals surface area contributed by atoms with Crippen LogP contribution in [0.1, 0.15) is 24.0 Å². The van der Waals surface area contributed by atoms with Crippen LogP contribution in [0.5, 0.6) is 5.75 Å². The molecule has 1 saturated carbocycles. The maximum absolute atomic E-state index is 5.88. The maximum atomic E-state index is 5.88. The van der Waals surface area contributed by atoms with E-state index in [0.29, 0.717) is 19.9 Å². The summed E-state index contributed by atoms with van der Waals surface area (Å²) in [6.07, 6.45) is 2.33. The maximum Gasteiger partial charge on any atom is 0.189 e. The van der Waals surface area contributed by atoms with Crippen LogP contribution in [-0.2, 0) is 16.8 Å². The first kappa shape index (κ1) is 10.6. The summed E-state index contributed by atoms with van der Waals surface area (Å²) in [7, 11) is 0. The van der Waals surface area contributed by atoms with Crippen molar-refractivity contribution in [3.63, 3.8) is 0 Å². The largest absolute Gasteiger partial charge is 0.467 e. The number of ether oxygens (including phenoxy) is 2. The summed E-state index contributed by atoms with van der Waals surface area (Å²) in [5, 5.41) is 0. The zero-order valence-corrected chi connectivity index (χ0v) is 10.5. The number of fused-ring (bicyclic) bond motifs is 1. The summed E-state index contributed by atoms with van der Waals surface area (Å²) in [6, 6.07) is 4.20. The van der Waals surface area contributed by atoms with E-state index in [1.165, 1.54) is 5.56 Å². The van der Waals surface area contributed by atoms with E-state index in [4.69, 9.17) is 15.2 Å². The highest BCUT2D eigenvalue weighted by Gasteiger charge is 2.45. The Bertz CT molecular complexity index is 429. The van der Waals surface area contributed by atoms with Gasteiger partial charge in [-0.1, -0.05) is 15.9 Å². The molecule has 0 bridgehead atoms. The smallest absolute Gasteiger partial charge is 0.189 e. The molecule has 0 radical (unpaired) electrons. The summed E-state index contributed by atoms with van der Waals surface area (Å²) >= 11 is 3.54. The Balaban J connectivity index is 2.13. The third kappa shape index (κ3) is 1.56. The molecule has 4 heteroatoms. The summed E-state index contributed by atoms with van der Waals surface area (Å²) in [5.41, 5.74) is 8.41. The van der Waals surface area contributed by atoms with Crippen molar-refractivity contribution in [3.8, 4) is 5.75 Å². The first-order valence-electron chi connectivity index (χ1n) is 5.49. The van der Waals surface area contributed by atoms with Crippen LogP contribution in [0.4, 0.5) is 0 Å². The lowest BCUT2D eigenvalue weighted by Gasteiger charge is -2.24. The number of benzene rings is 1. The second kappa shape index (κ2) is 3.72. The van der Waals surface area contributed by atoms with E-state index in [2.05, 4.69) is 28.1 Å². The van der Waals surface area contributed by atoms with Gasteiger partial charge in [-0.25, -0.2) is 0 Å². The monoisotopic (exact) mass is 283 g/mol. The fraction of sp³-hybridized carbons (Fsp3) is 0.500. The molecule has 0 amide bonds. The van der Waals surface area contributed by atoms with Crippen LogP contribution in [-0.4, -0.2) is 13.3 Å². The topological polar surface area (TPSA) is 44.5 Å². The van der Waals surface area contributed by atoms with Gasteiger partial charge < -0.3 is 15.2 Å². The lowest BCUT2D eigenvalue weighted by molar-refractivity contribution is -0.0174. The van der Waals surface area contributed by atoms with Crippen LogP contribution >= 0.6 is 15.9 Å². The van der Waals surface area contributed by atoms with Gasteiger partial charge in [0, 0.05) is 27.6 Å². The first-order chi connectivity index (χ1) is 7.75. The highest BCUT2D eigenvalue weighted by Crippen LogP contribution is 2.52. The molecule has 1 fully saturated rings. The molecule has 1 aromatic rings. The molecule has 0 spiro atoms. The second-order valence-corrected chi connectivity index (χ2v) is 5.45. The molecule has 0 aromatic heterocycles. The van der Waals surface area contributed by atoms with Crippen molar-refractivity contribution in [1.29, 1.82) is 0 Å². The molecule has 1 aliphatic heterocycles. The number of hydrogen-bond donors (Lipinski definition) is 1. The molecule has 3 nitrogen and oxygen atoms in total. The van der Waals surface area contributed by atoms with Crippen LogP contribution in [0.15, 0.2) is 16.6 Å². The van der Waals surface area contributed by atoms with Gasteiger partial charge in [0.05, 0.1) is 6.61 Å². The molecule has 1 heterocycles. The molecule has 0 saturated heterocycles. The Labute approximate surface area is 103 Å². The van der Waals surface area contributed by atoms with E-state index in [1.807, 2.05) is 0 Å². The third-order valence-electron chi connectivity index (χ3n) is 3.49. The molecular formula is C12H14BrNO2. The van der Waals surface area contributed by atoms with Gasteiger partial charge in [-0.05, 0) is 25.0 Å². The molecule has 1 aromatic carbocycles. The lowest BCUT2D eigenvalue weighted by Crippen LogP contribution is -2.23. The van der Waals surface area contributed by atoms with Gasteiger partial charge in [0.2, 0.25) is 0 Å². The predicted octanol–water partition coefficient (Wildman–Crippen LogP) is 2.31.